The molecule has 1 N–H and O–H groups in total. The van der Waals surface area contributed by atoms with Gasteiger partial charge in [0.25, 0.3) is 5.91 Å². The summed E-state index contributed by atoms with van der Waals surface area (Å²) >= 11 is 1.62. The summed E-state index contributed by atoms with van der Waals surface area (Å²) < 4.78 is 0. The molecule has 24 heavy (non-hydrogen) atoms. The van der Waals surface area contributed by atoms with Gasteiger partial charge in [-0.25, -0.2) is 0 Å². The van der Waals surface area contributed by atoms with Gasteiger partial charge in [-0.05, 0) is 28.5 Å². The van der Waals surface area contributed by atoms with Crippen LogP contribution in [-0.2, 0) is 6.54 Å². The molecule has 0 spiro atoms. The lowest BCUT2D eigenvalue weighted by Gasteiger charge is -2.11. The first-order valence-corrected chi connectivity index (χ1v) is 8.85. The van der Waals surface area contributed by atoms with Crippen LogP contribution in [0.15, 0.2) is 84.3 Å². The Morgan fingerprint density at radius 2 is 1.75 bits per heavy atom. The molecule has 120 valence electrons. The maximum atomic E-state index is 12.6. The Kier molecular flexibility index (Phi) is 5.34. The molecule has 3 rings (SSSR count). The minimum absolute atomic E-state index is 0.0462. The highest BCUT2D eigenvalue weighted by Crippen LogP contribution is 2.23. The third-order valence-corrected chi connectivity index (χ3v) is 4.88. The molecule has 0 radical (unpaired) electrons. The second-order valence-corrected chi connectivity index (χ2v) is 6.48. The van der Waals surface area contributed by atoms with E-state index in [2.05, 4.69) is 36.2 Å². The topological polar surface area (TPSA) is 29.1 Å². The number of carbonyl (C=O) groups excluding carboxylic acids is 1. The molecule has 2 nitrogen and oxygen atoms in total. The van der Waals surface area contributed by atoms with E-state index in [0.29, 0.717) is 12.1 Å². The molecule has 0 fully saturated rings. The number of hydrogen-bond acceptors (Lipinski definition) is 2. The van der Waals surface area contributed by atoms with Crippen molar-refractivity contribution in [2.45, 2.75) is 11.4 Å². The minimum Gasteiger partial charge on any atom is -0.348 e. The number of rotatable bonds is 6. The third kappa shape index (κ3) is 3.69. The first-order chi connectivity index (χ1) is 11.8. The van der Waals surface area contributed by atoms with Gasteiger partial charge in [0.15, 0.2) is 0 Å². The van der Waals surface area contributed by atoms with Crippen LogP contribution >= 0.6 is 11.8 Å². The summed E-state index contributed by atoms with van der Waals surface area (Å²) in [4.78, 5) is 13.6. The van der Waals surface area contributed by atoms with Crippen LogP contribution in [0.3, 0.4) is 0 Å². The van der Waals surface area contributed by atoms with E-state index in [1.165, 1.54) is 10.8 Å². The van der Waals surface area contributed by atoms with Gasteiger partial charge >= 0.3 is 0 Å². The monoisotopic (exact) mass is 333 g/mol. The maximum Gasteiger partial charge on any atom is 0.252 e. The highest BCUT2D eigenvalue weighted by molar-refractivity contribution is 7.99. The van der Waals surface area contributed by atoms with Crippen LogP contribution < -0.4 is 5.32 Å². The fourth-order valence-electron chi connectivity index (χ4n) is 2.65. The van der Waals surface area contributed by atoms with Crippen LogP contribution in [0.2, 0.25) is 0 Å². The summed E-state index contributed by atoms with van der Waals surface area (Å²) in [7, 11) is 0. The predicted octanol–water partition coefficient (Wildman–Crippen LogP) is 5.05. The Balaban J connectivity index is 1.77. The fraction of sp³-hybridized carbons (Fsp3) is 0.0952. The molecular formula is C21H19NOS. The van der Waals surface area contributed by atoms with Crippen molar-refractivity contribution in [1.29, 1.82) is 0 Å². The van der Waals surface area contributed by atoms with Gasteiger partial charge in [0.2, 0.25) is 0 Å². The van der Waals surface area contributed by atoms with E-state index in [1.807, 2.05) is 48.5 Å². The van der Waals surface area contributed by atoms with Crippen molar-refractivity contribution in [2.24, 2.45) is 0 Å². The second-order valence-electron chi connectivity index (χ2n) is 5.42. The van der Waals surface area contributed by atoms with Gasteiger partial charge in [-0.3, -0.25) is 4.79 Å². The van der Waals surface area contributed by atoms with E-state index >= 15 is 0 Å². The van der Waals surface area contributed by atoms with Gasteiger partial charge in [-0.1, -0.05) is 60.7 Å². The second kappa shape index (κ2) is 7.84. The van der Waals surface area contributed by atoms with Crippen molar-refractivity contribution in [1.82, 2.24) is 5.32 Å². The smallest absolute Gasteiger partial charge is 0.252 e. The van der Waals surface area contributed by atoms with Gasteiger partial charge in [0, 0.05) is 17.2 Å². The molecule has 0 unspecified atom stereocenters. The Morgan fingerprint density at radius 1 is 1.00 bits per heavy atom. The number of amides is 1. The average Bonchev–Trinajstić information content (AvgIpc) is 2.64. The summed E-state index contributed by atoms with van der Waals surface area (Å²) in [6, 6.07) is 22.1. The first kappa shape index (κ1) is 16.3. The predicted molar refractivity (Wildman–Crippen MR) is 102 cm³/mol. The summed E-state index contributed by atoms with van der Waals surface area (Å²) in [6.07, 6.45) is 1.84. The molecular weight excluding hydrogens is 314 g/mol. The highest BCUT2D eigenvalue weighted by atomic mass is 32.2. The largest absolute Gasteiger partial charge is 0.348 e. The fourth-order valence-corrected chi connectivity index (χ4v) is 3.43. The molecule has 0 aliphatic heterocycles. The SMILES string of the molecule is C=CCSc1ccccc1C(=O)NCc1cccc2ccccc12. The van der Waals surface area contributed by atoms with Crippen molar-refractivity contribution in [2.75, 3.05) is 5.75 Å². The molecule has 0 bridgehead atoms. The van der Waals surface area contributed by atoms with Crippen LogP contribution in [0, 0.1) is 0 Å². The van der Waals surface area contributed by atoms with Gasteiger partial charge in [0.1, 0.15) is 0 Å². The van der Waals surface area contributed by atoms with Crippen LogP contribution in [0.1, 0.15) is 15.9 Å². The molecule has 0 aliphatic rings. The molecule has 1 amide bonds. The van der Waals surface area contributed by atoms with Gasteiger partial charge in [-0.2, -0.15) is 0 Å². The Morgan fingerprint density at radius 3 is 2.62 bits per heavy atom. The minimum atomic E-state index is -0.0462. The Labute approximate surface area is 146 Å². The van der Waals surface area contributed by atoms with E-state index in [9.17, 15) is 4.79 Å². The molecule has 0 aromatic heterocycles. The Bertz CT molecular complexity index is 867. The molecule has 0 heterocycles. The molecule has 0 atom stereocenters. The summed E-state index contributed by atoms with van der Waals surface area (Å²) in [5.41, 5.74) is 1.84. The molecule has 3 heteroatoms. The zero-order chi connectivity index (χ0) is 16.8. The number of nitrogens with one attached hydrogen (secondary N) is 1. The zero-order valence-corrected chi connectivity index (χ0v) is 14.2. The van der Waals surface area contributed by atoms with Gasteiger partial charge < -0.3 is 5.32 Å². The number of hydrogen-bond donors (Lipinski definition) is 1. The van der Waals surface area contributed by atoms with E-state index in [4.69, 9.17) is 0 Å². The normalized spacial score (nSPS) is 10.5. The lowest BCUT2D eigenvalue weighted by Crippen LogP contribution is -2.23. The van der Waals surface area contributed by atoms with E-state index in [-0.39, 0.29) is 5.91 Å². The van der Waals surface area contributed by atoms with E-state index < -0.39 is 0 Å². The quantitative estimate of drug-likeness (QED) is 0.505. The third-order valence-electron chi connectivity index (χ3n) is 3.81. The number of benzene rings is 3. The number of carbonyl (C=O) groups is 1. The molecule has 0 saturated carbocycles. The summed E-state index contributed by atoms with van der Waals surface area (Å²) in [6.45, 7) is 4.25. The van der Waals surface area contributed by atoms with Crippen molar-refractivity contribution < 1.29 is 4.79 Å². The van der Waals surface area contributed by atoms with Crippen LogP contribution in [0.5, 0.6) is 0 Å². The van der Waals surface area contributed by atoms with E-state index in [0.717, 1.165) is 16.2 Å². The van der Waals surface area contributed by atoms with Crippen LogP contribution in [0.25, 0.3) is 10.8 Å². The van der Waals surface area contributed by atoms with Crippen LogP contribution in [-0.4, -0.2) is 11.7 Å². The molecule has 0 aliphatic carbocycles. The maximum absolute atomic E-state index is 12.6. The summed E-state index contributed by atoms with van der Waals surface area (Å²) in [5, 5.41) is 5.41. The Hall–Kier alpha value is -2.52. The van der Waals surface area contributed by atoms with Gasteiger partial charge in [0.05, 0.1) is 5.56 Å². The van der Waals surface area contributed by atoms with Crippen molar-refractivity contribution >= 4 is 28.4 Å². The summed E-state index contributed by atoms with van der Waals surface area (Å²) in [5.74, 6) is 0.739. The molecule has 3 aromatic carbocycles. The van der Waals surface area contributed by atoms with E-state index in [1.54, 1.807) is 11.8 Å². The highest BCUT2D eigenvalue weighted by Gasteiger charge is 2.11. The van der Waals surface area contributed by atoms with Crippen molar-refractivity contribution in [3.8, 4) is 0 Å². The molecule has 0 saturated heterocycles. The van der Waals surface area contributed by atoms with Gasteiger partial charge in [-0.15, -0.1) is 18.3 Å². The van der Waals surface area contributed by atoms with Crippen molar-refractivity contribution in [3.05, 3.63) is 90.5 Å². The van der Waals surface area contributed by atoms with Crippen LogP contribution in [0.4, 0.5) is 0 Å². The average molecular weight is 333 g/mol. The number of fused-ring (bicyclic) bond motifs is 1. The number of thioether (sulfide) groups is 1. The lowest BCUT2D eigenvalue weighted by atomic mass is 10.0. The van der Waals surface area contributed by atoms with Crippen molar-refractivity contribution in [3.63, 3.8) is 0 Å². The molecule has 3 aromatic rings. The standard InChI is InChI=1S/C21H19NOS/c1-2-14-24-20-13-6-5-12-19(20)21(23)22-15-17-10-7-9-16-8-3-4-11-18(16)17/h2-13H,1,14-15H2,(H,22,23). The zero-order valence-electron chi connectivity index (χ0n) is 13.4. The lowest BCUT2D eigenvalue weighted by molar-refractivity contribution is 0.0948. The first-order valence-electron chi connectivity index (χ1n) is 7.87.